The number of aryl methyl sites for hydroxylation is 1. The molecule has 0 bridgehead atoms. The summed E-state index contributed by atoms with van der Waals surface area (Å²) >= 11 is 0. The first-order valence-corrected chi connectivity index (χ1v) is 7.46. The van der Waals surface area contributed by atoms with Crippen LogP contribution in [0.15, 0.2) is 48.9 Å². The van der Waals surface area contributed by atoms with Gasteiger partial charge in [0.05, 0.1) is 0 Å². The fraction of sp³-hybridized carbons (Fsp3) is 0.278. The first-order chi connectivity index (χ1) is 10.3. The van der Waals surface area contributed by atoms with Gasteiger partial charge in [0.25, 0.3) is 0 Å². The highest BCUT2D eigenvalue weighted by atomic mass is 15.0. The molecule has 0 aliphatic carbocycles. The van der Waals surface area contributed by atoms with Crippen LogP contribution in [0.2, 0.25) is 0 Å². The molecule has 2 aromatic heterocycles. The third-order valence-corrected chi connectivity index (χ3v) is 3.75. The summed E-state index contributed by atoms with van der Waals surface area (Å²) in [5, 5.41) is 4.74. The molecule has 3 heteroatoms. The van der Waals surface area contributed by atoms with Gasteiger partial charge >= 0.3 is 0 Å². The van der Waals surface area contributed by atoms with Gasteiger partial charge in [-0.05, 0) is 42.3 Å². The van der Waals surface area contributed by atoms with E-state index in [0.717, 1.165) is 19.6 Å². The number of pyridine rings is 1. The predicted molar refractivity (Wildman–Crippen MR) is 87.4 cm³/mol. The van der Waals surface area contributed by atoms with Crippen molar-refractivity contribution in [2.45, 2.75) is 26.9 Å². The van der Waals surface area contributed by atoms with Gasteiger partial charge in [0, 0.05) is 42.6 Å². The summed E-state index contributed by atoms with van der Waals surface area (Å²) < 4.78 is 2.29. The van der Waals surface area contributed by atoms with Crippen LogP contribution in [-0.2, 0) is 13.1 Å². The van der Waals surface area contributed by atoms with Gasteiger partial charge in [0.2, 0.25) is 0 Å². The molecule has 0 aliphatic heterocycles. The van der Waals surface area contributed by atoms with E-state index in [4.69, 9.17) is 0 Å². The second kappa shape index (κ2) is 6.10. The van der Waals surface area contributed by atoms with Crippen molar-refractivity contribution in [2.24, 2.45) is 0 Å². The van der Waals surface area contributed by atoms with Crippen LogP contribution in [0.1, 0.15) is 23.6 Å². The second-order valence-corrected chi connectivity index (χ2v) is 5.44. The van der Waals surface area contributed by atoms with E-state index in [-0.39, 0.29) is 0 Å². The molecule has 3 nitrogen and oxygen atoms in total. The van der Waals surface area contributed by atoms with Crippen molar-refractivity contribution in [1.29, 1.82) is 0 Å². The lowest BCUT2D eigenvalue weighted by atomic mass is 10.1. The topological polar surface area (TPSA) is 29.9 Å². The van der Waals surface area contributed by atoms with E-state index in [2.05, 4.69) is 65.2 Å². The van der Waals surface area contributed by atoms with E-state index in [1.807, 2.05) is 12.4 Å². The number of hydrogen-bond donors (Lipinski definition) is 1. The zero-order valence-corrected chi connectivity index (χ0v) is 12.6. The molecular weight excluding hydrogens is 258 g/mol. The fourth-order valence-electron chi connectivity index (χ4n) is 2.74. The molecule has 0 saturated carbocycles. The van der Waals surface area contributed by atoms with Gasteiger partial charge in [-0.2, -0.15) is 0 Å². The Kier molecular flexibility index (Phi) is 4.02. The Balaban J connectivity index is 1.93. The van der Waals surface area contributed by atoms with Crippen molar-refractivity contribution in [2.75, 3.05) is 6.54 Å². The summed E-state index contributed by atoms with van der Waals surface area (Å²) in [6.45, 7) is 6.99. The summed E-state index contributed by atoms with van der Waals surface area (Å²) in [6, 6.07) is 10.9. The summed E-state index contributed by atoms with van der Waals surface area (Å²) in [6.07, 6.45) is 6.01. The van der Waals surface area contributed by atoms with Crippen LogP contribution in [0.25, 0.3) is 10.9 Å². The third kappa shape index (κ3) is 2.98. The SMILES string of the molecule is CCNCc1cccc2c1ccn2Cc1cncc(C)c1. The molecule has 2 heterocycles. The Bertz CT molecular complexity index is 743. The normalized spacial score (nSPS) is 11.1. The Hall–Kier alpha value is -2.13. The van der Waals surface area contributed by atoms with Crippen molar-refractivity contribution in [3.63, 3.8) is 0 Å². The minimum atomic E-state index is 0.864. The lowest BCUT2D eigenvalue weighted by molar-refractivity contribution is 0.730. The van der Waals surface area contributed by atoms with Gasteiger partial charge in [-0.25, -0.2) is 0 Å². The van der Waals surface area contributed by atoms with Crippen LogP contribution < -0.4 is 5.32 Å². The molecule has 108 valence electrons. The van der Waals surface area contributed by atoms with Gasteiger partial charge < -0.3 is 9.88 Å². The Labute approximate surface area is 125 Å². The Morgan fingerprint density at radius 1 is 1.19 bits per heavy atom. The van der Waals surface area contributed by atoms with E-state index >= 15 is 0 Å². The lowest BCUT2D eigenvalue weighted by Crippen LogP contribution is -2.11. The second-order valence-electron chi connectivity index (χ2n) is 5.44. The molecule has 21 heavy (non-hydrogen) atoms. The van der Waals surface area contributed by atoms with Gasteiger partial charge in [0.15, 0.2) is 0 Å². The quantitative estimate of drug-likeness (QED) is 0.774. The zero-order valence-electron chi connectivity index (χ0n) is 12.6. The molecule has 0 saturated heterocycles. The van der Waals surface area contributed by atoms with Crippen LogP contribution in [0.3, 0.4) is 0 Å². The number of fused-ring (bicyclic) bond motifs is 1. The summed E-state index contributed by atoms with van der Waals surface area (Å²) in [5.41, 5.74) is 5.09. The van der Waals surface area contributed by atoms with Crippen molar-refractivity contribution in [3.05, 3.63) is 65.6 Å². The van der Waals surface area contributed by atoms with E-state index in [0.29, 0.717) is 0 Å². The molecule has 0 aliphatic rings. The highest BCUT2D eigenvalue weighted by Crippen LogP contribution is 2.21. The van der Waals surface area contributed by atoms with Crippen molar-refractivity contribution in [1.82, 2.24) is 14.9 Å². The van der Waals surface area contributed by atoms with Crippen molar-refractivity contribution < 1.29 is 0 Å². The van der Waals surface area contributed by atoms with Crippen LogP contribution in [0.5, 0.6) is 0 Å². The average Bonchev–Trinajstić information content (AvgIpc) is 2.89. The highest BCUT2D eigenvalue weighted by molar-refractivity contribution is 5.83. The Morgan fingerprint density at radius 3 is 2.90 bits per heavy atom. The lowest BCUT2D eigenvalue weighted by Gasteiger charge is -2.08. The predicted octanol–water partition coefficient (Wildman–Crippen LogP) is 3.50. The minimum absolute atomic E-state index is 0.864. The fourth-order valence-corrected chi connectivity index (χ4v) is 2.74. The molecule has 0 amide bonds. The van der Waals surface area contributed by atoms with Crippen LogP contribution >= 0.6 is 0 Å². The van der Waals surface area contributed by atoms with Crippen molar-refractivity contribution >= 4 is 10.9 Å². The minimum Gasteiger partial charge on any atom is -0.343 e. The number of benzene rings is 1. The number of hydrogen-bond acceptors (Lipinski definition) is 2. The standard InChI is InChI=1S/C18H21N3/c1-3-19-12-16-5-4-6-18-17(16)7-8-21(18)13-15-9-14(2)10-20-11-15/h4-11,19H,3,12-13H2,1-2H3. The van der Waals surface area contributed by atoms with Gasteiger partial charge in [0.1, 0.15) is 0 Å². The monoisotopic (exact) mass is 279 g/mol. The molecule has 0 unspecified atom stereocenters. The maximum atomic E-state index is 4.28. The largest absolute Gasteiger partial charge is 0.343 e. The maximum Gasteiger partial charge on any atom is 0.0491 e. The smallest absolute Gasteiger partial charge is 0.0491 e. The molecule has 1 aromatic carbocycles. The van der Waals surface area contributed by atoms with Crippen LogP contribution in [0.4, 0.5) is 0 Å². The van der Waals surface area contributed by atoms with E-state index in [1.54, 1.807) is 0 Å². The molecular formula is C18H21N3. The van der Waals surface area contributed by atoms with Crippen molar-refractivity contribution in [3.8, 4) is 0 Å². The average molecular weight is 279 g/mol. The number of nitrogens with zero attached hydrogens (tertiary/aromatic N) is 2. The van der Waals surface area contributed by atoms with Gasteiger partial charge in [-0.3, -0.25) is 4.98 Å². The molecule has 3 aromatic rings. The molecule has 0 radical (unpaired) electrons. The summed E-state index contributed by atoms with van der Waals surface area (Å²) in [5.74, 6) is 0. The molecule has 1 N–H and O–H groups in total. The van der Waals surface area contributed by atoms with Gasteiger partial charge in [-0.15, -0.1) is 0 Å². The number of nitrogens with one attached hydrogen (secondary N) is 1. The third-order valence-electron chi connectivity index (χ3n) is 3.75. The van der Waals surface area contributed by atoms with E-state index in [1.165, 1.54) is 27.6 Å². The molecule has 0 atom stereocenters. The van der Waals surface area contributed by atoms with E-state index in [9.17, 15) is 0 Å². The van der Waals surface area contributed by atoms with Crippen LogP contribution in [0, 0.1) is 6.92 Å². The number of aromatic nitrogens is 2. The first kappa shape index (κ1) is 13.8. The summed E-state index contributed by atoms with van der Waals surface area (Å²) in [4.78, 5) is 4.28. The summed E-state index contributed by atoms with van der Waals surface area (Å²) in [7, 11) is 0. The van der Waals surface area contributed by atoms with Gasteiger partial charge in [-0.1, -0.05) is 25.1 Å². The zero-order chi connectivity index (χ0) is 14.7. The molecule has 0 fully saturated rings. The number of rotatable bonds is 5. The molecule has 3 rings (SSSR count). The Morgan fingerprint density at radius 2 is 2.10 bits per heavy atom. The van der Waals surface area contributed by atoms with Crippen LogP contribution in [-0.4, -0.2) is 16.1 Å². The van der Waals surface area contributed by atoms with E-state index < -0.39 is 0 Å². The molecule has 0 spiro atoms. The highest BCUT2D eigenvalue weighted by Gasteiger charge is 2.06. The first-order valence-electron chi connectivity index (χ1n) is 7.46. The maximum absolute atomic E-state index is 4.28.